The zero-order valence-corrected chi connectivity index (χ0v) is 21.1. The van der Waals surface area contributed by atoms with Crippen LogP contribution in [0.1, 0.15) is 35.8 Å². The van der Waals surface area contributed by atoms with Crippen LogP contribution < -0.4 is 4.74 Å². The number of aryl methyl sites for hydroxylation is 1. The lowest BCUT2D eigenvalue weighted by molar-refractivity contribution is 0.197. The van der Waals surface area contributed by atoms with Crippen molar-refractivity contribution in [2.45, 2.75) is 31.9 Å². The Hall–Kier alpha value is -2.55. The third-order valence-electron chi connectivity index (χ3n) is 6.33. The summed E-state index contributed by atoms with van der Waals surface area (Å²) in [4.78, 5) is 16.2. The van der Waals surface area contributed by atoms with E-state index in [1.807, 2.05) is 24.3 Å². The molecule has 0 N–H and O–H groups in total. The molecule has 5 rings (SSSR count). The van der Waals surface area contributed by atoms with Gasteiger partial charge in [0.25, 0.3) is 0 Å². The van der Waals surface area contributed by atoms with Gasteiger partial charge in [-0.15, -0.1) is 0 Å². The van der Waals surface area contributed by atoms with Gasteiger partial charge in [0.1, 0.15) is 28.4 Å². The molecule has 1 saturated heterocycles. The standard InChI is InChI=1S/C25H24BrClFN5O/c1-32-22-12-23(26)29-13-21(22)30-24(32)14-33-9-7-16(8-10-33)20-3-2-4-25(31-20)34-15-17-5-6-18(27)11-19(17)28/h2-6,11-13,16H,7-10,14-15H2,1H3. The Balaban J connectivity index is 1.19. The van der Waals surface area contributed by atoms with Gasteiger partial charge in [0.15, 0.2) is 0 Å². The van der Waals surface area contributed by atoms with E-state index in [4.69, 9.17) is 26.3 Å². The Morgan fingerprint density at radius 3 is 2.76 bits per heavy atom. The lowest BCUT2D eigenvalue weighted by atomic mass is 9.93. The predicted molar refractivity (Wildman–Crippen MR) is 133 cm³/mol. The number of nitrogens with zero attached hydrogens (tertiary/aromatic N) is 5. The van der Waals surface area contributed by atoms with Crippen LogP contribution in [0.2, 0.25) is 5.02 Å². The minimum absolute atomic E-state index is 0.113. The molecule has 4 aromatic rings. The first-order valence-corrected chi connectivity index (χ1v) is 12.4. The summed E-state index contributed by atoms with van der Waals surface area (Å²) >= 11 is 9.26. The van der Waals surface area contributed by atoms with Crippen molar-refractivity contribution in [1.29, 1.82) is 0 Å². The van der Waals surface area contributed by atoms with Crippen LogP contribution in [0.4, 0.5) is 4.39 Å². The van der Waals surface area contributed by atoms with Gasteiger partial charge in [0.05, 0.1) is 18.3 Å². The Morgan fingerprint density at radius 1 is 1.15 bits per heavy atom. The zero-order valence-electron chi connectivity index (χ0n) is 18.7. The smallest absolute Gasteiger partial charge is 0.213 e. The molecule has 1 aliphatic heterocycles. The van der Waals surface area contributed by atoms with E-state index in [-0.39, 0.29) is 12.4 Å². The van der Waals surface area contributed by atoms with Gasteiger partial charge in [0.2, 0.25) is 5.88 Å². The monoisotopic (exact) mass is 543 g/mol. The minimum atomic E-state index is -0.375. The number of imidazole rings is 1. The number of halogens is 3. The molecule has 0 radical (unpaired) electrons. The number of piperidine rings is 1. The molecule has 1 fully saturated rings. The quantitative estimate of drug-likeness (QED) is 0.284. The average Bonchev–Trinajstić information content (AvgIpc) is 3.14. The normalized spacial score (nSPS) is 15.2. The van der Waals surface area contributed by atoms with Gasteiger partial charge in [-0.2, -0.15) is 0 Å². The van der Waals surface area contributed by atoms with Crippen LogP contribution in [0.15, 0.2) is 53.3 Å². The fourth-order valence-electron chi connectivity index (χ4n) is 4.38. The maximum Gasteiger partial charge on any atom is 0.213 e. The number of hydrogen-bond acceptors (Lipinski definition) is 5. The summed E-state index contributed by atoms with van der Waals surface area (Å²) in [5.74, 6) is 1.54. The molecular weight excluding hydrogens is 521 g/mol. The first kappa shape index (κ1) is 23.2. The Kier molecular flexibility index (Phi) is 6.81. The van der Waals surface area contributed by atoms with Crippen molar-refractivity contribution in [3.63, 3.8) is 0 Å². The van der Waals surface area contributed by atoms with Gasteiger partial charge >= 0.3 is 0 Å². The molecule has 0 unspecified atom stereocenters. The summed E-state index contributed by atoms with van der Waals surface area (Å²) in [7, 11) is 2.05. The van der Waals surface area contributed by atoms with E-state index < -0.39 is 0 Å². The number of likely N-dealkylation sites (tertiary alicyclic amines) is 1. The van der Waals surface area contributed by atoms with Gasteiger partial charge in [-0.3, -0.25) is 4.90 Å². The van der Waals surface area contributed by atoms with Crippen LogP contribution in [0.25, 0.3) is 11.0 Å². The number of pyridine rings is 2. The third kappa shape index (κ3) is 5.09. The molecule has 0 amide bonds. The summed E-state index contributed by atoms with van der Waals surface area (Å²) in [6.45, 7) is 2.86. The van der Waals surface area contributed by atoms with Crippen LogP contribution in [-0.4, -0.2) is 37.5 Å². The van der Waals surface area contributed by atoms with Gasteiger partial charge in [-0.05, 0) is 66.1 Å². The van der Waals surface area contributed by atoms with Crippen LogP contribution in [0.5, 0.6) is 5.88 Å². The number of fused-ring (bicyclic) bond motifs is 1. The predicted octanol–water partition coefficient (Wildman–Crippen LogP) is 5.88. The highest BCUT2D eigenvalue weighted by Crippen LogP contribution is 2.29. The second kappa shape index (κ2) is 9.98. The van der Waals surface area contributed by atoms with E-state index in [2.05, 4.69) is 37.4 Å². The zero-order chi connectivity index (χ0) is 23.7. The largest absolute Gasteiger partial charge is 0.473 e. The Morgan fingerprint density at radius 2 is 1.97 bits per heavy atom. The number of ether oxygens (including phenoxy) is 1. The van der Waals surface area contributed by atoms with E-state index in [1.165, 1.54) is 6.07 Å². The summed E-state index contributed by atoms with van der Waals surface area (Å²) in [6, 6.07) is 12.4. The second-order valence-corrected chi connectivity index (χ2v) is 9.81. The van der Waals surface area contributed by atoms with Gasteiger partial charge in [0, 0.05) is 35.3 Å². The third-order valence-corrected chi connectivity index (χ3v) is 7.00. The van der Waals surface area contributed by atoms with Gasteiger partial charge < -0.3 is 9.30 Å². The number of benzene rings is 1. The van der Waals surface area contributed by atoms with Crippen molar-refractivity contribution >= 4 is 38.6 Å². The maximum atomic E-state index is 14.0. The molecule has 3 aromatic heterocycles. The fraction of sp³-hybridized carbons (Fsp3) is 0.320. The van der Waals surface area contributed by atoms with Crippen LogP contribution in [0.3, 0.4) is 0 Å². The molecular formula is C25H24BrClFN5O. The molecule has 6 nitrogen and oxygen atoms in total. The van der Waals surface area contributed by atoms with Crippen LogP contribution >= 0.6 is 27.5 Å². The average molecular weight is 545 g/mol. The first-order chi connectivity index (χ1) is 16.5. The highest BCUT2D eigenvalue weighted by atomic mass is 79.9. The molecule has 1 aliphatic rings. The van der Waals surface area contributed by atoms with Crippen molar-refractivity contribution in [3.8, 4) is 5.88 Å². The second-order valence-electron chi connectivity index (χ2n) is 8.56. The highest BCUT2D eigenvalue weighted by molar-refractivity contribution is 9.10. The molecule has 0 atom stereocenters. The van der Waals surface area contributed by atoms with Crippen LogP contribution in [-0.2, 0) is 20.2 Å². The van der Waals surface area contributed by atoms with Crippen molar-refractivity contribution in [2.75, 3.05) is 13.1 Å². The van der Waals surface area contributed by atoms with E-state index in [1.54, 1.807) is 18.3 Å². The van der Waals surface area contributed by atoms with E-state index in [0.717, 1.165) is 59.6 Å². The summed E-state index contributed by atoms with van der Waals surface area (Å²) in [5.41, 5.74) is 3.46. The summed E-state index contributed by atoms with van der Waals surface area (Å²) in [5, 5.41) is 0.369. The molecule has 1 aromatic carbocycles. The lowest BCUT2D eigenvalue weighted by Crippen LogP contribution is -2.33. The van der Waals surface area contributed by atoms with Gasteiger partial charge in [-0.1, -0.05) is 23.7 Å². The number of hydrogen-bond donors (Lipinski definition) is 0. The fourth-order valence-corrected chi connectivity index (χ4v) is 4.86. The molecule has 176 valence electrons. The molecule has 9 heteroatoms. The maximum absolute atomic E-state index is 14.0. The van der Waals surface area contributed by atoms with Crippen molar-refractivity contribution in [2.24, 2.45) is 7.05 Å². The topological polar surface area (TPSA) is 56.1 Å². The van der Waals surface area contributed by atoms with Crippen molar-refractivity contribution < 1.29 is 9.13 Å². The Bertz CT molecular complexity index is 1320. The Labute approximate surface area is 210 Å². The minimum Gasteiger partial charge on any atom is -0.473 e. The highest BCUT2D eigenvalue weighted by Gasteiger charge is 2.23. The van der Waals surface area contributed by atoms with Crippen molar-refractivity contribution in [1.82, 2.24) is 24.4 Å². The lowest BCUT2D eigenvalue weighted by Gasteiger charge is -2.31. The number of rotatable bonds is 6. The molecule has 0 aliphatic carbocycles. The van der Waals surface area contributed by atoms with Crippen LogP contribution in [0, 0.1) is 5.82 Å². The van der Waals surface area contributed by atoms with E-state index >= 15 is 0 Å². The molecule has 0 bridgehead atoms. The summed E-state index contributed by atoms with van der Waals surface area (Å²) in [6.07, 6.45) is 3.83. The molecule has 0 saturated carbocycles. The van der Waals surface area contributed by atoms with E-state index in [9.17, 15) is 4.39 Å². The molecule has 34 heavy (non-hydrogen) atoms. The molecule has 4 heterocycles. The number of aromatic nitrogens is 4. The summed E-state index contributed by atoms with van der Waals surface area (Å²) < 4.78 is 22.7. The van der Waals surface area contributed by atoms with Gasteiger partial charge in [-0.25, -0.2) is 19.3 Å². The van der Waals surface area contributed by atoms with Crippen molar-refractivity contribution in [3.05, 3.63) is 81.2 Å². The first-order valence-electron chi connectivity index (χ1n) is 11.2. The molecule has 0 spiro atoms. The van der Waals surface area contributed by atoms with E-state index in [0.29, 0.717) is 22.4 Å². The SMILES string of the molecule is Cn1c(CN2CCC(c3cccc(OCc4ccc(Cl)cc4F)n3)CC2)nc2cnc(Br)cc21.